The van der Waals surface area contributed by atoms with Crippen LogP contribution in [0.2, 0.25) is 5.02 Å². The van der Waals surface area contributed by atoms with Gasteiger partial charge in [-0.1, -0.05) is 23.7 Å². The molecule has 148 valence electrons. The van der Waals surface area contributed by atoms with E-state index in [0.717, 1.165) is 4.31 Å². The van der Waals surface area contributed by atoms with E-state index in [4.69, 9.17) is 11.6 Å². The number of hydrogen-bond acceptors (Lipinski definition) is 4. The van der Waals surface area contributed by atoms with E-state index < -0.39 is 10.0 Å². The van der Waals surface area contributed by atoms with E-state index in [9.17, 15) is 13.2 Å². The Hall–Kier alpha value is -1.80. The molecule has 2 aromatic rings. The van der Waals surface area contributed by atoms with Gasteiger partial charge in [0, 0.05) is 30.2 Å². The molecule has 0 saturated heterocycles. The lowest BCUT2D eigenvalue weighted by molar-refractivity contribution is 0.0950. The minimum absolute atomic E-state index is 0. The third-order valence-electron chi connectivity index (χ3n) is 3.99. The van der Waals surface area contributed by atoms with Gasteiger partial charge in [0.15, 0.2) is 0 Å². The summed E-state index contributed by atoms with van der Waals surface area (Å²) < 4.78 is 26.9. The van der Waals surface area contributed by atoms with Crippen LogP contribution >= 0.6 is 24.0 Å². The summed E-state index contributed by atoms with van der Waals surface area (Å²) in [5.41, 5.74) is 0.726. The fourth-order valence-corrected chi connectivity index (χ4v) is 3.63. The average molecular weight is 432 g/mol. The van der Waals surface area contributed by atoms with Crippen molar-refractivity contribution in [3.63, 3.8) is 0 Å². The second-order valence-electron chi connectivity index (χ2n) is 5.88. The van der Waals surface area contributed by atoms with Gasteiger partial charge in [0.25, 0.3) is 15.9 Å². The monoisotopic (exact) mass is 431 g/mol. The minimum Gasteiger partial charge on any atom is -0.350 e. The van der Waals surface area contributed by atoms with Crippen molar-refractivity contribution in [3.05, 3.63) is 59.1 Å². The summed E-state index contributed by atoms with van der Waals surface area (Å²) in [7, 11) is -0.570. The Balaban J connectivity index is 0.00000364. The van der Waals surface area contributed by atoms with Crippen molar-refractivity contribution in [1.82, 2.24) is 10.6 Å². The molecule has 1 atom stereocenters. The lowest BCUT2D eigenvalue weighted by atomic mass is 10.2. The molecular weight excluding hydrogens is 409 g/mol. The van der Waals surface area contributed by atoms with Gasteiger partial charge in [-0.3, -0.25) is 9.10 Å². The fourth-order valence-electron chi connectivity index (χ4n) is 2.22. The number of hydrogen-bond donors (Lipinski definition) is 2. The maximum Gasteiger partial charge on any atom is 0.264 e. The first-order valence-corrected chi connectivity index (χ1v) is 9.87. The fraction of sp³-hybridized carbons (Fsp3) is 0.278. The molecule has 0 fully saturated rings. The SMILES string of the molecule is CNC(C)CNC(=O)c1cccc(S(=O)(=O)N(C)c2cccc(Cl)c2)c1.Cl. The molecule has 0 aliphatic carbocycles. The molecule has 0 spiro atoms. The van der Waals surface area contributed by atoms with Crippen molar-refractivity contribution in [2.24, 2.45) is 0 Å². The Morgan fingerprint density at radius 3 is 2.48 bits per heavy atom. The van der Waals surface area contributed by atoms with E-state index in [1.54, 1.807) is 43.4 Å². The first-order chi connectivity index (χ1) is 12.3. The molecule has 9 heteroatoms. The van der Waals surface area contributed by atoms with E-state index in [-0.39, 0.29) is 34.8 Å². The molecule has 0 radical (unpaired) electrons. The number of anilines is 1. The van der Waals surface area contributed by atoms with Crippen LogP contribution in [-0.4, -0.2) is 41.0 Å². The summed E-state index contributed by atoms with van der Waals surface area (Å²) in [6.45, 7) is 2.37. The highest BCUT2D eigenvalue weighted by molar-refractivity contribution is 7.92. The highest BCUT2D eigenvalue weighted by Crippen LogP contribution is 2.25. The number of benzene rings is 2. The van der Waals surface area contributed by atoms with Crippen LogP contribution in [0.4, 0.5) is 5.69 Å². The number of likely N-dealkylation sites (N-methyl/N-ethyl adjacent to an activating group) is 1. The van der Waals surface area contributed by atoms with E-state index in [2.05, 4.69) is 10.6 Å². The first kappa shape index (κ1) is 23.2. The van der Waals surface area contributed by atoms with Crippen molar-refractivity contribution in [3.8, 4) is 0 Å². The van der Waals surface area contributed by atoms with Gasteiger partial charge in [-0.25, -0.2) is 8.42 Å². The molecule has 0 aliphatic rings. The Morgan fingerprint density at radius 1 is 1.19 bits per heavy atom. The maximum atomic E-state index is 12.9. The number of nitrogens with one attached hydrogen (secondary N) is 2. The summed E-state index contributed by atoms with van der Waals surface area (Å²) in [4.78, 5) is 12.3. The number of carbonyl (C=O) groups excluding carboxylic acids is 1. The zero-order chi connectivity index (χ0) is 19.3. The van der Waals surface area contributed by atoms with Gasteiger partial charge in [-0.05, 0) is 50.4 Å². The second-order valence-corrected chi connectivity index (χ2v) is 8.29. The molecule has 0 heterocycles. The van der Waals surface area contributed by atoms with Gasteiger partial charge in [0.1, 0.15) is 0 Å². The van der Waals surface area contributed by atoms with Crippen molar-refractivity contribution >= 4 is 45.6 Å². The number of sulfonamides is 1. The maximum absolute atomic E-state index is 12.9. The van der Waals surface area contributed by atoms with Crippen LogP contribution in [-0.2, 0) is 10.0 Å². The molecule has 1 unspecified atom stereocenters. The molecule has 2 rings (SSSR count). The van der Waals surface area contributed by atoms with Crippen LogP contribution in [0.1, 0.15) is 17.3 Å². The average Bonchev–Trinajstić information content (AvgIpc) is 2.65. The van der Waals surface area contributed by atoms with Gasteiger partial charge >= 0.3 is 0 Å². The molecule has 6 nitrogen and oxygen atoms in total. The van der Waals surface area contributed by atoms with Crippen LogP contribution in [0.3, 0.4) is 0 Å². The van der Waals surface area contributed by atoms with E-state index in [0.29, 0.717) is 17.3 Å². The van der Waals surface area contributed by atoms with Crippen LogP contribution in [0.25, 0.3) is 0 Å². The topological polar surface area (TPSA) is 78.5 Å². The predicted molar refractivity (Wildman–Crippen MR) is 112 cm³/mol. The molecule has 2 N–H and O–H groups in total. The first-order valence-electron chi connectivity index (χ1n) is 8.05. The molecule has 0 aromatic heterocycles. The largest absolute Gasteiger partial charge is 0.350 e. The summed E-state index contributed by atoms with van der Waals surface area (Å²) in [5, 5.41) is 6.23. The van der Waals surface area contributed by atoms with Gasteiger partial charge in [0.05, 0.1) is 10.6 Å². The highest BCUT2D eigenvalue weighted by atomic mass is 35.5. The summed E-state index contributed by atoms with van der Waals surface area (Å²) in [5.74, 6) is -0.324. The van der Waals surface area contributed by atoms with Gasteiger partial charge in [-0.15, -0.1) is 12.4 Å². The highest BCUT2D eigenvalue weighted by Gasteiger charge is 2.22. The lowest BCUT2D eigenvalue weighted by Gasteiger charge is -2.20. The smallest absolute Gasteiger partial charge is 0.264 e. The summed E-state index contributed by atoms with van der Waals surface area (Å²) in [6, 6.07) is 12.6. The minimum atomic E-state index is -3.82. The molecule has 0 bridgehead atoms. The second kappa shape index (κ2) is 9.94. The molecular formula is C18H23Cl2N3O3S. The summed E-state index contributed by atoms with van der Waals surface area (Å²) >= 11 is 5.94. The van der Waals surface area contributed by atoms with E-state index >= 15 is 0 Å². The number of halogens is 2. The molecule has 0 aliphatic heterocycles. The molecule has 2 aromatic carbocycles. The van der Waals surface area contributed by atoms with Crippen molar-refractivity contribution in [2.45, 2.75) is 17.9 Å². The summed E-state index contributed by atoms with van der Waals surface area (Å²) in [6.07, 6.45) is 0. The van der Waals surface area contributed by atoms with Gasteiger partial charge < -0.3 is 10.6 Å². The van der Waals surface area contributed by atoms with Gasteiger partial charge in [0.2, 0.25) is 0 Å². The zero-order valence-electron chi connectivity index (χ0n) is 15.3. The Bertz CT molecular complexity index is 891. The Morgan fingerprint density at radius 2 is 1.85 bits per heavy atom. The normalized spacial score (nSPS) is 12.0. The zero-order valence-corrected chi connectivity index (χ0v) is 17.7. The standard InChI is InChI=1S/C18H22ClN3O3S.ClH/c1-13(20-2)12-21-18(23)14-6-4-9-17(10-14)26(24,25)22(3)16-8-5-7-15(19)11-16;/h4-11,13,20H,12H2,1-3H3,(H,21,23);1H. The lowest BCUT2D eigenvalue weighted by Crippen LogP contribution is -2.37. The van der Waals surface area contributed by atoms with Crippen molar-refractivity contribution in [2.75, 3.05) is 24.9 Å². The number of rotatable bonds is 7. The number of nitrogens with zero attached hydrogens (tertiary/aromatic N) is 1. The molecule has 1 amide bonds. The van der Waals surface area contributed by atoms with Crippen molar-refractivity contribution < 1.29 is 13.2 Å². The van der Waals surface area contributed by atoms with Crippen molar-refractivity contribution in [1.29, 1.82) is 0 Å². The predicted octanol–water partition coefficient (Wildman–Crippen LogP) is 2.92. The van der Waals surface area contributed by atoms with Crippen LogP contribution in [0.15, 0.2) is 53.4 Å². The van der Waals surface area contributed by atoms with Gasteiger partial charge in [-0.2, -0.15) is 0 Å². The Labute approximate surface area is 171 Å². The van der Waals surface area contributed by atoms with E-state index in [1.165, 1.54) is 19.2 Å². The molecule has 27 heavy (non-hydrogen) atoms. The van der Waals surface area contributed by atoms with E-state index in [1.807, 2.05) is 6.92 Å². The number of carbonyl (C=O) groups is 1. The quantitative estimate of drug-likeness (QED) is 0.706. The molecule has 0 saturated carbocycles. The van der Waals surface area contributed by atoms with Crippen LogP contribution < -0.4 is 14.9 Å². The third-order valence-corrected chi connectivity index (χ3v) is 6.00. The Kier molecular flexibility index (Phi) is 8.56. The van der Waals surface area contributed by atoms with Crippen LogP contribution in [0.5, 0.6) is 0 Å². The number of amides is 1. The van der Waals surface area contributed by atoms with Crippen LogP contribution in [0, 0.1) is 0 Å². The third kappa shape index (κ3) is 5.84.